The summed E-state index contributed by atoms with van der Waals surface area (Å²) in [4.78, 5) is 25.6. The lowest BCUT2D eigenvalue weighted by molar-refractivity contribution is -0.130. The fourth-order valence-corrected chi connectivity index (χ4v) is 3.85. The molecule has 3 unspecified atom stereocenters. The van der Waals surface area contributed by atoms with Crippen molar-refractivity contribution >= 4 is 11.8 Å². The number of rotatable bonds is 6. The summed E-state index contributed by atoms with van der Waals surface area (Å²) in [7, 11) is 3.40. The normalized spacial score (nSPS) is 24.6. The number of ether oxygens (including phenoxy) is 1. The lowest BCUT2D eigenvalue weighted by Crippen LogP contribution is -2.42. The molecule has 2 aliphatic rings. The Kier molecular flexibility index (Phi) is 6.14. The SMILES string of the molecule is CN(C)C(=O)COc1cccc(CNC(=O)C2CC3CCCCC3N2)c1. The molecule has 3 rings (SSSR count). The molecule has 0 aromatic heterocycles. The third-order valence-corrected chi connectivity index (χ3v) is 5.41. The van der Waals surface area contributed by atoms with Crippen LogP contribution in [0.1, 0.15) is 37.7 Å². The highest BCUT2D eigenvalue weighted by molar-refractivity contribution is 5.82. The number of hydrogen-bond acceptors (Lipinski definition) is 4. The van der Waals surface area contributed by atoms with E-state index in [4.69, 9.17) is 4.74 Å². The minimum absolute atomic E-state index is 0.0115. The van der Waals surface area contributed by atoms with Crippen molar-refractivity contribution in [2.45, 2.75) is 50.7 Å². The van der Waals surface area contributed by atoms with Gasteiger partial charge in [0.25, 0.3) is 5.91 Å². The summed E-state index contributed by atoms with van der Waals surface area (Å²) in [6.45, 7) is 0.475. The van der Waals surface area contributed by atoms with Crippen LogP contribution in [0.25, 0.3) is 0 Å². The van der Waals surface area contributed by atoms with Gasteiger partial charge >= 0.3 is 0 Å². The molecule has 2 fully saturated rings. The number of benzene rings is 1. The van der Waals surface area contributed by atoms with Gasteiger partial charge in [-0.1, -0.05) is 25.0 Å². The number of nitrogens with zero attached hydrogens (tertiary/aromatic N) is 1. The van der Waals surface area contributed by atoms with Crippen molar-refractivity contribution in [2.75, 3.05) is 20.7 Å². The largest absolute Gasteiger partial charge is 0.484 e. The van der Waals surface area contributed by atoms with Crippen LogP contribution in [0.4, 0.5) is 0 Å². The number of hydrogen-bond donors (Lipinski definition) is 2. The van der Waals surface area contributed by atoms with Gasteiger partial charge in [-0.15, -0.1) is 0 Å². The molecule has 142 valence electrons. The van der Waals surface area contributed by atoms with Crippen LogP contribution in [-0.2, 0) is 16.1 Å². The Hall–Kier alpha value is -2.08. The molecular formula is C20H29N3O3. The van der Waals surface area contributed by atoms with Gasteiger partial charge in [-0.3, -0.25) is 9.59 Å². The number of nitrogens with one attached hydrogen (secondary N) is 2. The maximum absolute atomic E-state index is 12.5. The molecular weight excluding hydrogens is 330 g/mol. The molecule has 1 aromatic rings. The van der Waals surface area contributed by atoms with E-state index in [0.29, 0.717) is 24.3 Å². The van der Waals surface area contributed by atoms with Crippen LogP contribution in [-0.4, -0.2) is 49.5 Å². The summed E-state index contributed by atoms with van der Waals surface area (Å²) < 4.78 is 5.52. The van der Waals surface area contributed by atoms with Crippen molar-refractivity contribution < 1.29 is 14.3 Å². The minimum atomic E-state index is -0.0857. The van der Waals surface area contributed by atoms with Gasteiger partial charge in [0.1, 0.15) is 5.75 Å². The Bertz CT molecular complexity index is 633. The first kappa shape index (κ1) is 18.7. The van der Waals surface area contributed by atoms with E-state index in [9.17, 15) is 9.59 Å². The van der Waals surface area contributed by atoms with Crippen LogP contribution < -0.4 is 15.4 Å². The third kappa shape index (κ3) is 4.75. The molecule has 1 aromatic carbocycles. The lowest BCUT2D eigenvalue weighted by atomic mass is 9.85. The summed E-state index contributed by atoms with van der Waals surface area (Å²) >= 11 is 0. The topological polar surface area (TPSA) is 70.7 Å². The van der Waals surface area contributed by atoms with Gasteiger partial charge in [-0.05, 0) is 42.9 Å². The second-order valence-corrected chi connectivity index (χ2v) is 7.55. The van der Waals surface area contributed by atoms with E-state index in [1.54, 1.807) is 14.1 Å². The van der Waals surface area contributed by atoms with Crippen LogP contribution in [0.2, 0.25) is 0 Å². The average molecular weight is 359 g/mol. The van der Waals surface area contributed by atoms with Gasteiger partial charge in [0.2, 0.25) is 5.91 Å². The lowest BCUT2D eigenvalue weighted by Gasteiger charge is -2.24. The fourth-order valence-electron chi connectivity index (χ4n) is 3.85. The van der Waals surface area contributed by atoms with Crippen molar-refractivity contribution in [1.29, 1.82) is 0 Å². The highest BCUT2D eigenvalue weighted by Gasteiger charge is 2.37. The van der Waals surface area contributed by atoms with Crippen molar-refractivity contribution in [3.8, 4) is 5.75 Å². The van der Waals surface area contributed by atoms with Gasteiger partial charge in [-0.25, -0.2) is 0 Å². The van der Waals surface area contributed by atoms with Crippen molar-refractivity contribution in [3.05, 3.63) is 29.8 Å². The Morgan fingerprint density at radius 3 is 2.85 bits per heavy atom. The second-order valence-electron chi connectivity index (χ2n) is 7.55. The summed E-state index contributed by atoms with van der Waals surface area (Å²) in [6.07, 6.45) is 5.95. The van der Waals surface area contributed by atoms with Crippen LogP contribution in [0.15, 0.2) is 24.3 Å². The van der Waals surface area contributed by atoms with E-state index in [1.807, 2.05) is 24.3 Å². The molecule has 1 saturated heterocycles. The number of amides is 2. The van der Waals surface area contributed by atoms with Gasteiger partial charge in [0, 0.05) is 26.7 Å². The zero-order valence-electron chi connectivity index (χ0n) is 15.7. The Morgan fingerprint density at radius 2 is 2.08 bits per heavy atom. The number of fused-ring (bicyclic) bond motifs is 1. The fraction of sp³-hybridized carbons (Fsp3) is 0.600. The van der Waals surface area contributed by atoms with Gasteiger partial charge in [-0.2, -0.15) is 0 Å². The minimum Gasteiger partial charge on any atom is -0.484 e. The molecule has 0 bridgehead atoms. The van der Waals surface area contributed by atoms with Crippen LogP contribution in [0.3, 0.4) is 0 Å². The van der Waals surface area contributed by atoms with Crippen LogP contribution in [0.5, 0.6) is 5.75 Å². The van der Waals surface area contributed by atoms with Crippen molar-refractivity contribution in [3.63, 3.8) is 0 Å². The molecule has 6 nitrogen and oxygen atoms in total. The molecule has 0 spiro atoms. The van der Waals surface area contributed by atoms with E-state index >= 15 is 0 Å². The van der Waals surface area contributed by atoms with E-state index in [0.717, 1.165) is 12.0 Å². The summed E-state index contributed by atoms with van der Waals surface area (Å²) in [6, 6.07) is 7.95. The first-order valence-electron chi connectivity index (χ1n) is 9.48. The number of carbonyl (C=O) groups excluding carboxylic acids is 2. The highest BCUT2D eigenvalue weighted by atomic mass is 16.5. The molecule has 1 aliphatic carbocycles. The summed E-state index contributed by atoms with van der Waals surface area (Å²) in [5, 5.41) is 6.53. The van der Waals surface area contributed by atoms with E-state index in [-0.39, 0.29) is 24.5 Å². The average Bonchev–Trinajstić information content (AvgIpc) is 3.08. The first-order chi connectivity index (χ1) is 12.5. The molecule has 0 radical (unpaired) electrons. The molecule has 2 amide bonds. The van der Waals surface area contributed by atoms with Crippen LogP contribution in [0, 0.1) is 5.92 Å². The molecule has 26 heavy (non-hydrogen) atoms. The zero-order valence-corrected chi connectivity index (χ0v) is 15.7. The second kappa shape index (κ2) is 8.54. The third-order valence-electron chi connectivity index (χ3n) is 5.41. The van der Waals surface area contributed by atoms with E-state index < -0.39 is 0 Å². The zero-order chi connectivity index (χ0) is 18.5. The predicted octanol–water partition coefficient (Wildman–Crippen LogP) is 1.69. The molecule has 1 aliphatic heterocycles. The van der Waals surface area contributed by atoms with E-state index in [1.165, 1.54) is 30.6 Å². The Balaban J connectivity index is 1.47. The molecule has 2 N–H and O–H groups in total. The number of likely N-dealkylation sites (N-methyl/N-ethyl adjacent to an activating group) is 1. The smallest absolute Gasteiger partial charge is 0.259 e. The summed E-state index contributed by atoms with van der Waals surface area (Å²) in [5.41, 5.74) is 0.962. The quantitative estimate of drug-likeness (QED) is 0.811. The first-order valence-corrected chi connectivity index (χ1v) is 9.48. The Morgan fingerprint density at radius 1 is 1.27 bits per heavy atom. The van der Waals surface area contributed by atoms with Gasteiger partial charge in [0.05, 0.1) is 6.04 Å². The van der Waals surface area contributed by atoms with Gasteiger partial charge < -0.3 is 20.3 Å². The summed E-state index contributed by atoms with van der Waals surface area (Å²) in [5.74, 6) is 1.29. The van der Waals surface area contributed by atoms with Gasteiger partial charge in [0.15, 0.2) is 6.61 Å². The monoisotopic (exact) mass is 359 g/mol. The standard InChI is InChI=1S/C20H29N3O3/c1-23(2)19(24)13-26-16-8-5-6-14(10-16)12-21-20(25)18-11-15-7-3-4-9-17(15)22-18/h5-6,8,10,15,17-18,22H,3-4,7,9,11-13H2,1-2H3,(H,21,25). The maximum Gasteiger partial charge on any atom is 0.259 e. The van der Waals surface area contributed by atoms with E-state index in [2.05, 4.69) is 10.6 Å². The predicted molar refractivity (Wildman–Crippen MR) is 99.8 cm³/mol. The molecule has 6 heteroatoms. The van der Waals surface area contributed by atoms with Crippen LogP contribution >= 0.6 is 0 Å². The number of carbonyl (C=O) groups is 2. The van der Waals surface area contributed by atoms with Crippen molar-refractivity contribution in [1.82, 2.24) is 15.5 Å². The van der Waals surface area contributed by atoms with Crippen molar-refractivity contribution in [2.24, 2.45) is 5.92 Å². The Labute approximate surface area is 155 Å². The maximum atomic E-state index is 12.5. The molecule has 1 saturated carbocycles. The molecule has 3 atom stereocenters. The highest BCUT2D eigenvalue weighted by Crippen LogP contribution is 2.33. The molecule has 1 heterocycles.